The average molecular weight is 458 g/mol. The van der Waals surface area contributed by atoms with Crippen molar-refractivity contribution in [1.29, 1.82) is 0 Å². The molecule has 2 aromatic rings. The number of carbonyl (C=O) groups is 2. The molecule has 1 heterocycles. The van der Waals surface area contributed by atoms with E-state index in [1.165, 1.54) is 0 Å². The topological polar surface area (TPSA) is 61.9 Å². The normalized spacial score (nSPS) is 14.9. The van der Waals surface area contributed by atoms with Crippen LogP contribution in [0.25, 0.3) is 0 Å². The second-order valence-electron chi connectivity index (χ2n) is 8.42. The first-order valence-electron chi connectivity index (χ1n) is 11.2. The third kappa shape index (κ3) is 5.74. The highest BCUT2D eigenvalue weighted by atomic mass is 35.5. The van der Waals surface area contributed by atoms with E-state index in [2.05, 4.69) is 17.1 Å². The Morgan fingerprint density at radius 2 is 1.75 bits per heavy atom. The van der Waals surface area contributed by atoms with Gasteiger partial charge in [0.1, 0.15) is 5.75 Å². The lowest BCUT2D eigenvalue weighted by molar-refractivity contribution is -0.134. The zero-order valence-corrected chi connectivity index (χ0v) is 20.0. The van der Waals surface area contributed by atoms with Crippen molar-refractivity contribution in [2.24, 2.45) is 5.92 Å². The van der Waals surface area contributed by atoms with Crippen LogP contribution in [0.2, 0.25) is 5.02 Å². The van der Waals surface area contributed by atoms with E-state index >= 15 is 0 Å². The van der Waals surface area contributed by atoms with Crippen molar-refractivity contribution < 1.29 is 14.3 Å². The molecule has 0 aromatic heterocycles. The highest BCUT2D eigenvalue weighted by molar-refractivity contribution is 6.34. The minimum Gasteiger partial charge on any atom is -0.491 e. The van der Waals surface area contributed by atoms with Gasteiger partial charge >= 0.3 is 0 Å². The van der Waals surface area contributed by atoms with E-state index in [4.69, 9.17) is 16.3 Å². The van der Waals surface area contributed by atoms with E-state index < -0.39 is 0 Å². The molecule has 172 valence electrons. The molecule has 0 spiro atoms. The lowest BCUT2D eigenvalue weighted by Crippen LogP contribution is -2.50. The van der Waals surface area contributed by atoms with Crippen LogP contribution in [0.5, 0.6) is 5.75 Å². The number of amides is 2. The first kappa shape index (κ1) is 23.9. The van der Waals surface area contributed by atoms with Crippen molar-refractivity contribution >= 4 is 34.8 Å². The molecule has 1 N–H and O–H groups in total. The van der Waals surface area contributed by atoms with Crippen LogP contribution in [-0.2, 0) is 4.79 Å². The zero-order chi connectivity index (χ0) is 23.3. The van der Waals surface area contributed by atoms with Gasteiger partial charge in [0.15, 0.2) is 0 Å². The number of hydrogen-bond acceptors (Lipinski definition) is 4. The summed E-state index contributed by atoms with van der Waals surface area (Å²) in [5.74, 6) is 0.592. The lowest BCUT2D eigenvalue weighted by Gasteiger charge is -2.38. The number of hydrogen-bond donors (Lipinski definition) is 1. The van der Waals surface area contributed by atoms with Gasteiger partial charge in [0.25, 0.3) is 5.91 Å². The van der Waals surface area contributed by atoms with E-state index in [-0.39, 0.29) is 23.8 Å². The van der Waals surface area contributed by atoms with E-state index in [1.807, 2.05) is 56.0 Å². The Kier molecular flexibility index (Phi) is 8.02. The van der Waals surface area contributed by atoms with Crippen LogP contribution in [0.1, 0.15) is 44.5 Å². The number of carbonyl (C=O) groups excluding carboxylic acids is 2. The van der Waals surface area contributed by atoms with Crippen molar-refractivity contribution in [2.75, 3.05) is 36.4 Å². The summed E-state index contributed by atoms with van der Waals surface area (Å²) < 4.78 is 5.85. The van der Waals surface area contributed by atoms with Crippen molar-refractivity contribution in [3.8, 4) is 5.75 Å². The van der Waals surface area contributed by atoms with Crippen LogP contribution in [0.15, 0.2) is 42.5 Å². The predicted octanol–water partition coefficient (Wildman–Crippen LogP) is 5.07. The molecule has 0 saturated carbocycles. The van der Waals surface area contributed by atoms with E-state index in [9.17, 15) is 9.59 Å². The monoisotopic (exact) mass is 457 g/mol. The van der Waals surface area contributed by atoms with Gasteiger partial charge < -0.3 is 19.9 Å². The van der Waals surface area contributed by atoms with Gasteiger partial charge in [-0.05, 0) is 43.7 Å². The third-order valence-corrected chi connectivity index (χ3v) is 5.95. The van der Waals surface area contributed by atoms with E-state index in [0.29, 0.717) is 48.2 Å². The number of nitrogens with zero attached hydrogens (tertiary/aromatic N) is 2. The number of rotatable bonds is 7. The summed E-state index contributed by atoms with van der Waals surface area (Å²) >= 11 is 6.55. The Bertz CT molecular complexity index is 955. The van der Waals surface area contributed by atoms with Crippen LogP contribution in [0, 0.1) is 5.92 Å². The SMILES string of the molecule is CCC(C)Oc1cccc(C(=O)Nc2cccc(Cl)c2N2CCN(C(=O)C(C)C)CC2)c1. The summed E-state index contributed by atoms with van der Waals surface area (Å²) in [6, 6.07) is 12.7. The molecule has 3 rings (SSSR count). The fraction of sp³-hybridized carbons (Fsp3) is 0.440. The molecule has 1 unspecified atom stereocenters. The summed E-state index contributed by atoms with van der Waals surface area (Å²) in [6.45, 7) is 10.5. The fourth-order valence-electron chi connectivity index (χ4n) is 3.67. The first-order chi connectivity index (χ1) is 15.3. The number of piperazine rings is 1. The van der Waals surface area contributed by atoms with E-state index in [0.717, 1.165) is 12.1 Å². The maximum atomic E-state index is 13.0. The van der Waals surface area contributed by atoms with E-state index in [1.54, 1.807) is 12.1 Å². The molecule has 32 heavy (non-hydrogen) atoms. The summed E-state index contributed by atoms with van der Waals surface area (Å²) in [7, 11) is 0. The Hall–Kier alpha value is -2.73. The summed E-state index contributed by atoms with van der Waals surface area (Å²) in [6.07, 6.45) is 0.965. The van der Waals surface area contributed by atoms with Crippen LogP contribution in [0.3, 0.4) is 0 Å². The standard InChI is InChI=1S/C25H32ClN3O3/c1-5-18(4)32-20-9-6-8-19(16-20)24(30)27-22-11-7-10-21(26)23(22)28-12-14-29(15-13-28)25(31)17(2)3/h6-11,16-18H,5,12-15H2,1-4H3,(H,27,30). The van der Waals surface area contributed by atoms with Gasteiger partial charge in [0.2, 0.25) is 5.91 Å². The minimum absolute atomic E-state index is 0.0169. The number of ether oxygens (including phenoxy) is 1. The molecule has 1 aliphatic rings. The van der Waals surface area contributed by atoms with Gasteiger partial charge in [-0.2, -0.15) is 0 Å². The van der Waals surface area contributed by atoms with Crippen molar-refractivity contribution in [1.82, 2.24) is 4.90 Å². The molecule has 0 aliphatic carbocycles. The lowest BCUT2D eigenvalue weighted by atomic mass is 10.1. The van der Waals surface area contributed by atoms with Gasteiger partial charge in [-0.25, -0.2) is 0 Å². The largest absolute Gasteiger partial charge is 0.491 e. The molecule has 0 bridgehead atoms. The molecule has 1 aliphatic heterocycles. The molecular formula is C25H32ClN3O3. The Labute approximate surface area is 195 Å². The van der Waals surface area contributed by atoms with Crippen LogP contribution >= 0.6 is 11.6 Å². The average Bonchev–Trinajstić information content (AvgIpc) is 2.79. The Morgan fingerprint density at radius 1 is 1.06 bits per heavy atom. The van der Waals surface area contributed by atoms with Gasteiger partial charge in [0, 0.05) is 37.7 Å². The molecule has 2 amide bonds. The van der Waals surface area contributed by atoms with Crippen molar-refractivity contribution in [2.45, 2.75) is 40.2 Å². The van der Waals surface area contributed by atoms with Crippen LogP contribution < -0.4 is 15.0 Å². The predicted molar refractivity (Wildman–Crippen MR) is 130 cm³/mol. The summed E-state index contributed by atoms with van der Waals surface area (Å²) in [5, 5.41) is 3.58. The number of para-hydroxylation sites is 1. The third-order valence-electron chi connectivity index (χ3n) is 5.64. The summed E-state index contributed by atoms with van der Waals surface area (Å²) in [4.78, 5) is 29.3. The Balaban J connectivity index is 1.75. The van der Waals surface area contributed by atoms with Gasteiger partial charge in [-0.3, -0.25) is 9.59 Å². The van der Waals surface area contributed by atoms with Gasteiger partial charge in [-0.15, -0.1) is 0 Å². The van der Waals surface area contributed by atoms with Crippen molar-refractivity contribution in [3.05, 3.63) is 53.1 Å². The molecule has 2 aromatic carbocycles. The smallest absolute Gasteiger partial charge is 0.255 e. The Morgan fingerprint density at radius 3 is 2.41 bits per heavy atom. The van der Waals surface area contributed by atoms with Crippen molar-refractivity contribution in [3.63, 3.8) is 0 Å². The molecule has 7 heteroatoms. The molecule has 1 atom stereocenters. The number of halogens is 1. The number of nitrogens with one attached hydrogen (secondary N) is 1. The van der Waals surface area contributed by atoms with Gasteiger partial charge in [-0.1, -0.05) is 44.5 Å². The molecule has 0 radical (unpaired) electrons. The second-order valence-corrected chi connectivity index (χ2v) is 8.83. The fourth-order valence-corrected chi connectivity index (χ4v) is 3.97. The highest BCUT2D eigenvalue weighted by Gasteiger charge is 2.25. The van der Waals surface area contributed by atoms with Gasteiger partial charge in [0.05, 0.1) is 22.5 Å². The maximum Gasteiger partial charge on any atom is 0.255 e. The zero-order valence-electron chi connectivity index (χ0n) is 19.2. The second kappa shape index (κ2) is 10.7. The van der Waals surface area contributed by atoms with Crippen LogP contribution in [0.4, 0.5) is 11.4 Å². The highest BCUT2D eigenvalue weighted by Crippen LogP contribution is 2.35. The van der Waals surface area contributed by atoms with Crippen LogP contribution in [-0.4, -0.2) is 49.0 Å². The quantitative estimate of drug-likeness (QED) is 0.630. The molecule has 1 saturated heterocycles. The molecular weight excluding hydrogens is 426 g/mol. The first-order valence-corrected chi connectivity index (χ1v) is 11.6. The minimum atomic E-state index is -0.225. The maximum absolute atomic E-state index is 13.0. The molecule has 6 nitrogen and oxygen atoms in total. The number of anilines is 2. The number of benzene rings is 2. The summed E-state index contributed by atoms with van der Waals surface area (Å²) in [5.41, 5.74) is 1.95. The molecule has 1 fully saturated rings.